The van der Waals surface area contributed by atoms with Crippen molar-refractivity contribution in [3.8, 4) is 12.1 Å². The van der Waals surface area contributed by atoms with Crippen LogP contribution in [0.1, 0.15) is 20.8 Å². The van der Waals surface area contributed by atoms with Gasteiger partial charge in [0, 0.05) is 6.20 Å². The van der Waals surface area contributed by atoms with Crippen molar-refractivity contribution in [2.75, 3.05) is 0 Å². The van der Waals surface area contributed by atoms with Crippen molar-refractivity contribution >= 4 is 11.6 Å². The van der Waals surface area contributed by atoms with Crippen LogP contribution in [0.25, 0.3) is 0 Å². The summed E-state index contributed by atoms with van der Waals surface area (Å²) in [5.41, 5.74) is -2.27. The first-order valence-electron chi connectivity index (χ1n) is 4.04. The van der Waals surface area contributed by atoms with Gasteiger partial charge in [-0.3, -0.25) is 14.6 Å². The summed E-state index contributed by atoms with van der Waals surface area (Å²) in [7, 11) is 0. The van der Waals surface area contributed by atoms with Gasteiger partial charge < -0.3 is 0 Å². The van der Waals surface area contributed by atoms with Crippen LogP contribution in [0.15, 0.2) is 18.3 Å². The maximum Gasteiger partial charge on any atom is 0.269 e. The molecule has 70 valence electrons. The number of nitriles is 2. The Hall–Kier alpha value is -2.53. The van der Waals surface area contributed by atoms with Crippen molar-refractivity contribution in [2.45, 2.75) is 0 Å². The van der Waals surface area contributed by atoms with Crippen molar-refractivity contribution in [1.82, 2.24) is 4.98 Å². The number of carbonyl (C=O) groups is 2. The van der Waals surface area contributed by atoms with Crippen molar-refractivity contribution in [2.24, 2.45) is 5.41 Å². The molecule has 0 bridgehead atoms. The second-order valence-corrected chi connectivity index (χ2v) is 3.03. The van der Waals surface area contributed by atoms with Crippen LogP contribution in [0.3, 0.4) is 0 Å². The SMILES string of the molecule is N#CC1(C#N)C(=O)c2cccnc2C1=O. The number of Topliss-reactive ketones (excluding diaryl/α,β-unsaturated/α-hetero) is 2. The molecular weight excluding hydrogens is 194 g/mol. The molecule has 1 aliphatic carbocycles. The smallest absolute Gasteiger partial charge is 0.269 e. The third-order valence-corrected chi connectivity index (χ3v) is 2.28. The number of ketones is 2. The molecule has 1 aromatic rings. The van der Waals surface area contributed by atoms with E-state index in [0.717, 1.165) is 0 Å². The number of carbonyl (C=O) groups excluding carboxylic acids is 2. The molecule has 0 spiro atoms. The zero-order valence-corrected chi connectivity index (χ0v) is 7.39. The van der Waals surface area contributed by atoms with Crippen molar-refractivity contribution in [3.63, 3.8) is 0 Å². The molecular formula is C10H3N3O2. The third kappa shape index (κ3) is 0.866. The molecule has 0 amide bonds. The monoisotopic (exact) mass is 197 g/mol. The van der Waals surface area contributed by atoms with E-state index in [2.05, 4.69) is 4.98 Å². The van der Waals surface area contributed by atoms with Gasteiger partial charge in [0.2, 0.25) is 11.6 Å². The van der Waals surface area contributed by atoms with Crippen molar-refractivity contribution in [1.29, 1.82) is 10.5 Å². The average molecular weight is 197 g/mol. The summed E-state index contributed by atoms with van der Waals surface area (Å²) in [5, 5.41) is 17.6. The highest BCUT2D eigenvalue weighted by Crippen LogP contribution is 2.34. The number of fused-ring (bicyclic) bond motifs is 1. The highest BCUT2D eigenvalue weighted by Gasteiger charge is 2.55. The highest BCUT2D eigenvalue weighted by molar-refractivity contribution is 6.32. The van der Waals surface area contributed by atoms with Crippen LogP contribution in [-0.2, 0) is 0 Å². The molecule has 1 heterocycles. The van der Waals surface area contributed by atoms with E-state index in [4.69, 9.17) is 10.5 Å². The Morgan fingerprint density at radius 2 is 1.87 bits per heavy atom. The molecule has 1 aliphatic rings. The van der Waals surface area contributed by atoms with E-state index in [1.807, 2.05) is 0 Å². The topological polar surface area (TPSA) is 94.6 Å². The Morgan fingerprint density at radius 3 is 2.40 bits per heavy atom. The van der Waals surface area contributed by atoms with Gasteiger partial charge in [-0.15, -0.1) is 0 Å². The number of rotatable bonds is 0. The molecule has 5 heteroatoms. The minimum Gasteiger partial charge on any atom is -0.291 e. The number of aromatic nitrogens is 1. The fourth-order valence-corrected chi connectivity index (χ4v) is 1.48. The average Bonchev–Trinajstić information content (AvgIpc) is 2.51. The molecule has 0 atom stereocenters. The molecule has 0 aliphatic heterocycles. The predicted molar refractivity (Wildman–Crippen MR) is 46.6 cm³/mol. The standard InChI is InChI=1S/C10H3N3O2/c11-4-10(5-12)8(14)6-2-1-3-13-7(6)9(10)15/h1-3H. The Morgan fingerprint density at radius 1 is 1.20 bits per heavy atom. The molecule has 2 rings (SSSR count). The van der Waals surface area contributed by atoms with Gasteiger partial charge in [0.1, 0.15) is 17.8 Å². The van der Waals surface area contributed by atoms with Crippen LogP contribution in [0.2, 0.25) is 0 Å². The molecule has 0 saturated carbocycles. The quantitative estimate of drug-likeness (QED) is 0.564. The molecule has 0 radical (unpaired) electrons. The zero-order valence-electron chi connectivity index (χ0n) is 7.39. The number of hydrogen-bond donors (Lipinski definition) is 0. The van der Waals surface area contributed by atoms with Crippen LogP contribution < -0.4 is 0 Å². The largest absolute Gasteiger partial charge is 0.291 e. The molecule has 1 aromatic heterocycles. The molecule has 0 fully saturated rings. The minimum absolute atomic E-state index is 0.0469. The van der Waals surface area contributed by atoms with Crippen molar-refractivity contribution < 1.29 is 9.59 Å². The Labute approximate surface area is 84.6 Å². The molecule has 15 heavy (non-hydrogen) atoms. The lowest BCUT2D eigenvalue weighted by molar-refractivity contribution is 0.0821. The van der Waals surface area contributed by atoms with E-state index in [-0.39, 0.29) is 11.3 Å². The van der Waals surface area contributed by atoms with Gasteiger partial charge in [-0.2, -0.15) is 10.5 Å². The lowest BCUT2D eigenvalue weighted by Gasteiger charge is -2.03. The molecule has 5 nitrogen and oxygen atoms in total. The summed E-state index contributed by atoms with van der Waals surface area (Å²) in [4.78, 5) is 27.1. The normalized spacial score (nSPS) is 16.7. The van der Waals surface area contributed by atoms with Gasteiger partial charge in [0.25, 0.3) is 5.41 Å². The van der Waals surface area contributed by atoms with Crippen LogP contribution in [0.4, 0.5) is 0 Å². The van der Waals surface area contributed by atoms with Crippen LogP contribution >= 0.6 is 0 Å². The Bertz CT molecular complexity index is 512. The number of pyridine rings is 1. The summed E-state index contributed by atoms with van der Waals surface area (Å²) in [6.07, 6.45) is 1.34. The molecule has 0 aromatic carbocycles. The molecule has 0 N–H and O–H groups in total. The van der Waals surface area contributed by atoms with Crippen LogP contribution in [0, 0.1) is 28.1 Å². The lowest BCUT2D eigenvalue weighted by atomic mass is 9.86. The predicted octanol–water partition coefficient (Wildman–Crippen LogP) is 0.494. The fourth-order valence-electron chi connectivity index (χ4n) is 1.48. The lowest BCUT2D eigenvalue weighted by Crippen LogP contribution is -2.29. The van der Waals surface area contributed by atoms with E-state index in [0.29, 0.717) is 0 Å². The number of nitrogens with zero attached hydrogens (tertiary/aromatic N) is 3. The highest BCUT2D eigenvalue weighted by atomic mass is 16.2. The van der Waals surface area contributed by atoms with Gasteiger partial charge in [0.15, 0.2) is 0 Å². The zero-order chi connectivity index (χ0) is 11.1. The van der Waals surface area contributed by atoms with Gasteiger partial charge in [0.05, 0.1) is 5.56 Å². The van der Waals surface area contributed by atoms with Gasteiger partial charge >= 0.3 is 0 Å². The summed E-state index contributed by atoms with van der Waals surface area (Å²) >= 11 is 0. The summed E-state index contributed by atoms with van der Waals surface area (Å²) < 4.78 is 0. The molecule has 0 unspecified atom stereocenters. The summed E-state index contributed by atoms with van der Waals surface area (Å²) in [5.74, 6) is -1.60. The van der Waals surface area contributed by atoms with E-state index in [1.165, 1.54) is 30.5 Å². The Balaban J connectivity index is 2.78. The minimum atomic E-state index is -2.23. The number of hydrogen-bond acceptors (Lipinski definition) is 5. The first kappa shape index (κ1) is 9.04. The maximum absolute atomic E-state index is 11.7. The van der Waals surface area contributed by atoms with E-state index in [9.17, 15) is 9.59 Å². The summed E-state index contributed by atoms with van der Waals surface area (Å²) in [6, 6.07) is 5.82. The van der Waals surface area contributed by atoms with E-state index in [1.54, 1.807) is 0 Å². The van der Waals surface area contributed by atoms with Crippen LogP contribution in [0.5, 0.6) is 0 Å². The van der Waals surface area contributed by atoms with Gasteiger partial charge in [-0.05, 0) is 12.1 Å². The maximum atomic E-state index is 11.7. The molecule has 0 saturated heterocycles. The third-order valence-electron chi connectivity index (χ3n) is 2.28. The van der Waals surface area contributed by atoms with Crippen LogP contribution in [-0.4, -0.2) is 16.6 Å². The first-order chi connectivity index (χ1) is 7.17. The fraction of sp³-hybridized carbons (Fsp3) is 0.100. The summed E-state index contributed by atoms with van der Waals surface area (Å²) in [6.45, 7) is 0. The first-order valence-corrected chi connectivity index (χ1v) is 4.04. The second-order valence-electron chi connectivity index (χ2n) is 3.03. The van der Waals surface area contributed by atoms with E-state index >= 15 is 0 Å². The van der Waals surface area contributed by atoms with Crippen molar-refractivity contribution in [3.05, 3.63) is 29.6 Å². The second kappa shape index (κ2) is 2.73. The Kier molecular flexibility index (Phi) is 1.64. The van der Waals surface area contributed by atoms with Gasteiger partial charge in [-0.1, -0.05) is 0 Å². The van der Waals surface area contributed by atoms with Gasteiger partial charge in [-0.25, -0.2) is 0 Å². The van der Waals surface area contributed by atoms with E-state index < -0.39 is 17.0 Å².